The molecule has 10 heteroatoms. The predicted molar refractivity (Wildman–Crippen MR) is 115 cm³/mol. The van der Waals surface area contributed by atoms with Crippen molar-refractivity contribution in [3.8, 4) is 17.2 Å². The molecule has 166 valence electrons. The minimum Gasteiger partial charge on any atom is -0.486 e. The van der Waals surface area contributed by atoms with E-state index in [0.29, 0.717) is 36.1 Å². The molecule has 1 heterocycles. The summed E-state index contributed by atoms with van der Waals surface area (Å²) >= 11 is 0. The molecule has 0 aliphatic carbocycles. The van der Waals surface area contributed by atoms with E-state index in [1.807, 2.05) is 0 Å². The summed E-state index contributed by atoms with van der Waals surface area (Å²) in [6, 6.07) is 15.6. The zero-order chi connectivity index (χ0) is 22.6. The van der Waals surface area contributed by atoms with Crippen molar-refractivity contribution in [3.63, 3.8) is 0 Å². The number of fused-ring (bicyclic) bond motifs is 1. The Bertz CT molecular complexity index is 1210. The number of hydrogen-bond acceptors (Lipinski definition) is 6. The summed E-state index contributed by atoms with van der Waals surface area (Å²) in [5, 5.41) is 2.70. The van der Waals surface area contributed by atoms with Gasteiger partial charge in [0.2, 0.25) is 0 Å². The summed E-state index contributed by atoms with van der Waals surface area (Å²) in [5.41, 5.74) is 0.777. The summed E-state index contributed by atoms with van der Waals surface area (Å²) in [5.74, 6) is 0.641. The van der Waals surface area contributed by atoms with Crippen molar-refractivity contribution >= 4 is 27.3 Å². The molecule has 2 N–H and O–H groups in total. The van der Waals surface area contributed by atoms with E-state index in [1.54, 1.807) is 18.2 Å². The zero-order valence-electron chi connectivity index (χ0n) is 16.7. The minimum atomic E-state index is -3.85. The van der Waals surface area contributed by atoms with Crippen molar-refractivity contribution < 1.29 is 31.8 Å². The van der Waals surface area contributed by atoms with Crippen LogP contribution in [-0.2, 0) is 14.8 Å². The van der Waals surface area contributed by atoms with E-state index >= 15 is 0 Å². The lowest BCUT2D eigenvalue weighted by atomic mass is 10.2. The summed E-state index contributed by atoms with van der Waals surface area (Å²) in [4.78, 5) is 12.2. The molecular weight excluding hydrogens is 439 g/mol. The van der Waals surface area contributed by atoms with Gasteiger partial charge in [0.15, 0.2) is 18.1 Å². The number of rotatable bonds is 7. The minimum absolute atomic E-state index is 0.00472. The Morgan fingerprint density at radius 1 is 0.906 bits per heavy atom. The molecule has 3 aromatic carbocycles. The number of sulfonamides is 1. The van der Waals surface area contributed by atoms with Crippen LogP contribution in [0.5, 0.6) is 17.2 Å². The second-order valence-electron chi connectivity index (χ2n) is 6.78. The van der Waals surface area contributed by atoms with Gasteiger partial charge in [-0.2, -0.15) is 0 Å². The van der Waals surface area contributed by atoms with E-state index in [9.17, 15) is 17.6 Å². The van der Waals surface area contributed by atoms with Crippen LogP contribution >= 0.6 is 0 Å². The van der Waals surface area contributed by atoms with Gasteiger partial charge >= 0.3 is 0 Å². The molecule has 1 aliphatic heterocycles. The summed E-state index contributed by atoms with van der Waals surface area (Å²) in [7, 11) is -3.85. The molecule has 0 aromatic heterocycles. The molecule has 0 saturated heterocycles. The maximum Gasteiger partial charge on any atom is 0.262 e. The Kier molecular flexibility index (Phi) is 6.13. The number of benzene rings is 3. The standard InChI is InChI=1S/C22H19FN2O6S/c23-15-1-3-16(4-2-15)25-32(27,28)19-8-6-18(7-9-19)31-14-22(26)24-17-5-10-20-21(13-17)30-12-11-29-20/h1-10,13,25H,11-12,14H2,(H,24,26). The molecule has 32 heavy (non-hydrogen) atoms. The van der Waals surface area contributed by atoms with Crippen LogP contribution in [0.4, 0.5) is 15.8 Å². The number of halogens is 1. The van der Waals surface area contributed by atoms with Crippen LogP contribution in [0.1, 0.15) is 0 Å². The Morgan fingerprint density at radius 3 is 2.28 bits per heavy atom. The van der Waals surface area contributed by atoms with Crippen molar-refractivity contribution in [2.24, 2.45) is 0 Å². The van der Waals surface area contributed by atoms with Gasteiger partial charge in [0.25, 0.3) is 15.9 Å². The van der Waals surface area contributed by atoms with Gasteiger partial charge in [-0.3, -0.25) is 9.52 Å². The third-order valence-corrected chi connectivity index (χ3v) is 5.82. The third kappa shape index (κ3) is 5.27. The highest BCUT2D eigenvalue weighted by Gasteiger charge is 2.15. The molecule has 3 aromatic rings. The first-order valence-corrected chi connectivity index (χ1v) is 11.1. The van der Waals surface area contributed by atoms with Gasteiger partial charge in [-0.15, -0.1) is 0 Å². The SMILES string of the molecule is O=C(COc1ccc(S(=O)(=O)Nc2ccc(F)cc2)cc1)Nc1ccc2c(c1)OCCO2. The Morgan fingerprint density at radius 2 is 1.56 bits per heavy atom. The van der Waals surface area contributed by atoms with Crippen LogP contribution in [0.3, 0.4) is 0 Å². The Labute approximate surface area is 184 Å². The molecule has 0 saturated carbocycles. The van der Waals surface area contributed by atoms with Crippen molar-refractivity contribution in [2.45, 2.75) is 4.90 Å². The fourth-order valence-electron chi connectivity index (χ4n) is 2.91. The average molecular weight is 458 g/mol. The normalized spacial score (nSPS) is 12.7. The molecule has 1 aliphatic rings. The highest BCUT2D eigenvalue weighted by atomic mass is 32.2. The number of hydrogen-bond donors (Lipinski definition) is 2. The van der Waals surface area contributed by atoms with Gasteiger partial charge in [-0.1, -0.05) is 0 Å². The molecular formula is C22H19FN2O6S. The van der Waals surface area contributed by atoms with E-state index in [1.165, 1.54) is 36.4 Å². The lowest BCUT2D eigenvalue weighted by molar-refractivity contribution is -0.118. The van der Waals surface area contributed by atoms with Crippen LogP contribution < -0.4 is 24.2 Å². The fraction of sp³-hybridized carbons (Fsp3) is 0.136. The molecule has 1 amide bonds. The third-order valence-electron chi connectivity index (χ3n) is 4.43. The first-order chi connectivity index (χ1) is 15.4. The van der Waals surface area contributed by atoms with Crippen molar-refractivity contribution in [1.82, 2.24) is 0 Å². The van der Waals surface area contributed by atoms with Crippen LogP contribution in [0.2, 0.25) is 0 Å². The molecule has 0 unspecified atom stereocenters. The van der Waals surface area contributed by atoms with E-state index in [4.69, 9.17) is 14.2 Å². The van der Waals surface area contributed by atoms with E-state index in [-0.39, 0.29) is 17.2 Å². The Balaban J connectivity index is 1.32. The van der Waals surface area contributed by atoms with Gasteiger partial charge < -0.3 is 19.5 Å². The first kappa shape index (κ1) is 21.4. The number of amides is 1. The number of carbonyl (C=O) groups excluding carboxylic acids is 1. The molecule has 0 fully saturated rings. The van der Waals surface area contributed by atoms with Crippen LogP contribution in [-0.4, -0.2) is 34.1 Å². The quantitative estimate of drug-likeness (QED) is 0.563. The molecule has 0 bridgehead atoms. The highest BCUT2D eigenvalue weighted by Crippen LogP contribution is 2.32. The van der Waals surface area contributed by atoms with E-state index in [0.717, 1.165) is 12.1 Å². The maximum atomic E-state index is 13.0. The second-order valence-corrected chi connectivity index (χ2v) is 8.46. The lowest BCUT2D eigenvalue weighted by Gasteiger charge is -2.19. The number of carbonyl (C=O) groups is 1. The van der Waals surface area contributed by atoms with Crippen molar-refractivity contribution in [1.29, 1.82) is 0 Å². The average Bonchev–Trinajstić information content (AvgIpc) is 2.79. The molecule has 8 nitrogen and oxygen atoms in total. The topological polar surface area (TPSA) is 103 Å². The highest BCUT2D eigenvalue weighted by molar-refractivity contribution is 7.92. The number of anilines is 2. The number of nitrogens with one attached hydrogen (secondary N) is 2. The molecule has 0 spiro atoms. The maximum absolute atomic E-state index is 13.0. The fourth-order valence-corrected chi connectivity index (χ4v) is 3.97. The molecule has 0 radical (unpaired) electrons. The Hall–Kier alpha value is -3.79. The molecule has 0 atom stereocenters. The van der Waals surface area contributed by atoms with Gasteiger partial charge in [0.05, 0.1) is 4.90 Å². The van der Waals surface area contributed by atoms with E-state index < -0.39 is 21.7 Å². The van der Waals surface area contributed by atoms with Gasteiger partial charge in [-0.25, -0.2) is 12.8 Å². The van der Waals surface area contributed by atoms with Crippen molar-refractivity contribution in [3.05, 3.63) is 72.5 Å². The summed E-state index contributed by atoms with van der Waals surface area (Å²) in [6.45, 7) is 0.655. The number of ether oxygens (including phenoxy) is 3. The largest absolute Gasteiger partial charge is 0.486 e. The first-order valence-electron chi connectivity index (χ1n) is 9.60. The summed E-state index contributed by atoms with van der Waals surface area (Å²) < 4.78 is 56.6. The van der Waals surface area contributed by atoms with Gasteiger partial charge in [-0.05, 0) is 60.7 Å². The van der Waals surface area contributed by atoms with Crippen LogP contribution in [0, 0.1) is 5.82 Å². The van der Waals surface area contributed by atoms with Crippen LogP contribution in [0.15, 0.2) is 71.6 Å². The predicted octanol–water partition coefficient (Wildman–Crippen LogP) is 3.42. The van der Waals surface area contributed by atoms with Crippen molar-refractivity contribution in [2.75, 3.05) is 29.9 Å². The second kappa shape index (κ2) is 9.15. The summed E-state index contributed by atoms with van der Waals surface area (Å²) in [6.07, 6.45) is 0. The zero-order valence-corrected chi connectivity index (χ0v) is 17.5. The lowest BCUT2D eigenvalue weighted by Crippen LogP contribution is -2.21. The van der Waals surface area contributed by atoms with Gasteiger partial charge in [0, 0.05) is 17.4 Å². The van der Waals surface area contributed by atoms with Gasteiger partial charge in [0.1, 0.15) is 24.8 Å². The van der Waals surface area contributed by atoms with Crippen LogP contribution in [0.25, 0.3) is 0 Å². The monoisotopic (exact) mass is 458 g/mol. The molecule has 4 rings (SSSR count). The van der Waals surface area contributed by atoms with E-state index in [2.05, 4.69) is 10.0 Å². The smallest absolute Gasteiger partial charge is 0.262 e.